The first kappa shape index (κ1) is 17.0. The van der Waals surface area contributed by atoms with Crippen LogP contribution in [0.4, 0.5) is 0 Å². The third kappa shape index (κ3) is 3.30. The Labute approximate surface area is 161 Å². The van der Waals surface area contributed by atoms with Gasteiger partial charge in [0.15, 0.2) is 0 Å². The van der Waals surface area contributed by atoms with Crippen molar-refractivity contribution in [2.24, 2.45) is 0 Å². The predicted octanol–water partition coefficient (Wildman–Crippen LogP) is 5.15. The van der Waals surface area contributed by atoms with Crippen molar-refractivity contribution in [1.82, 2.24) is 15.2 Å². The predicted molar refractivity (Wildman–Crippen MR) is 112 cm³/mol. The van der Waals surface area contributed by atoms with E-state index in [1.54, 1.807) is 0 Å². The zero-order valence-corrected chi connectivity index (χ0v) is 16.0. The lowest BCUT2D eigenvalue weighted by atomic mass is 9.93. The summed E-state index contributed by atoms with van der Waals surface area (Å²) in [7, 11) is 0. The summed E-state index contributed by atoms with van der Waals surface area (Å²) in [5.74, 6) is 0. The van der Waals surface area contributed by atoms with Crippen LogP contribution in [0.25, 0.3) is 10.9 Å². The van der Waals surface area contributed by atoms with Crippen molar-refractivity contribution in [2.45, 2.75) is 57.3 Å². The first-order valence-electron chi connectivity index (χ1n) is 10.5. The number of fused-ring (bicyclic) bond motifs is 3. The quantitative estimate of drug-likeness (QED) is 0.660. The maximum Gasteiger partial charge on any atom is 0.0633 e. The van der Waals surface area contributed by atoms with E-state index in [0.29, 0.717) is 6.04 Å². The van der Waals surface area contributed by atoms with E-state index < -0.39 is 0 Å². The number of para-hydroxylation sites is 1. The Bertz CT molecular complexity index is 892. The molecule has 1 aliphatic carbocycles. The maximum atomic E-state index is 3.76. The lowest BCUT2D eigenvalue weighted by molar-refractivity contribution is 0.110. The lowest BCUT2D eigenvalue weighted by Gasteiger charge is -2.36. The Balaban J connectivity index is 1.39. The number of H-pyrrole nitrogens is 1. The molecule has 0 saturated heterocycles. The summed E-state index contributed by atoms with van der Waals surface area (Å²) in [4.78, 5) is 6.54. The Morgan fingerprint density at radius 2 is 1.70 bits per heavy atom. The summed E-state index contributed by atoms with van der Waals surface area (Å²) in [5, 5.41) is 5.15. The highest BCUT2D eigenvalue weighted by Crippen LogP contribution is 2.41. The van der Waals surface area contributed by atoms with Crippen LogP contribution in [0.15, 0.2) is 54.6 Å². The van der Waals surface area contributed by atoms with Gasteiger partial charge in [0.2, 0.25) is 0 Å². The van der Waals surface area contributed by atoms with Crippen LogP contribution in [0.3, 0.4) is 0 Å². The minimum atomic E-state index is 0.458. The number of aromatic amines is 1. The monoisotopic (exact) mass is 359 g/mol. The van der Waals surface area contributed by atoms with Crippen molar-refractivity contribution >= 4 is 10.9 Å². The van der Waals surface area contributed by atoms with Crippen LogP contribution in [0.1, 0.15) is 55.0 Å². The van der Waals surface area contributed by atoms with Gasteiger partial charge in [-0.25, -0.2) is 0 Å². The standard InChI is InChI=1S/C24H29N3/c1-3-9-18(10-4-1)15-25-16-23-24-21(20-13-7-8-14-22(20)26-24)17-27(23)19-11-5-2-6-12-19/h1,3-4,7-10,13-14,19,23,25-26H,2,5-6,11-12,15-17H2. The third-order valence-electron chi connectivity index (χ3n) is 6.47. The van der Waals surface area contributed by atoms with E-state index >= 15 is 0 Å². The van der Waals surface area contributed by atoms with Crippen molar-refractivity contribution < 1.29 is 0 Å². The molecule has 0 amide bonds. The van der Waals surface area contributed by atoms with Crippen molar-refractivity contribution in [3.63, 3.8) is 0 Å². The Morgan fingerprint density at radius 1 is 0.926 bits per heavy atom. The second-order valence-corrected chi connectivity index (χ2v) is 8.16. The normalized spacial score (nSPS) is 21.0. The van der Waals surface area contributed by atoms with Crippen molar-refractivity contribution in [2.75, 3.05) is 6.54 Å². The molecule has 1 fully saturated rings. The number of nitrogens with one attached hydrogen (secondary N) is 2. The van der Waals surface area contributed by atoms with Gasteiger partial charge in [-0.2, -0.15) is 0 Å². The number of nitrogens with zero attached hydrogens (tertiary/aromatic N) is 1. The minimum absolute atomic E-state index is 0.458. The lowest BCUT2D eigenvalue weighted by Crippen LogP contribution is -2.39. The molecular weight excluding hydrogens is 330 g/mol. The molecule has 1 unspecified atom stereocenters. The molecule has 1 saturated carbocycles. The fourth-order valence-electron chi connectivity index (χ4n) is 5.10. The second-order valence-electron chi connectivity index (χ2n) is 8.16. The highest BCUT2D eigenvalue weighted by molar-refractivity contribution is 5.85. The van der Waals surface area contributed by atoms with Crippen LogP contribution in [0.5, 0.6) is 0 Å². The molecule has 1 aromatic heterocycles. The first-order chi connectivity index (χ1) is 13.4. The van der Waals surface area contributed by atoms with Gasteiger partial charge in [-0.3, -0.25) is 4.90 Å². The van der Waals surface area contributed by atoms with Gasteiger partial charge in [-0.05, 0) is 30.0 Å². The van der Waals surface area contributed by atoms with Crippen LogP contribution in [-0.4, -0.2) is 22.5 Å². The van der Waals surface area contributed by atoms with Gasteiger partial charge in [0.05, 0.1) is 6.04 Å². The van der Waals surface area contributed by atoms with Crippen molar-refractivity contribution in [1.29, 1.82) is 0 Å². The molecule has 3 nitrogen and oxygen atoms in total. The topological polar surface area (TPSA) is 31.1 Å². The second kappa shape index (κ2) is 7.49. The molecule has 1 atom stereocenters. The number of aromatic nitrogens is 1. The minimum Gasteiger partial charge on any atom is -0.357 e. The van der Waals surface area contributed by atoms with Crippen LogP contribution < -0.4 is 5.32 Å². The van der Waals surface area contributed by atoms with E-state index in [9.17, 15) is 0 Å². The molecule has 0 spiro atoms. The molecule has 27 heavy (non-hydrogen) atoms. The van der Waals surface area contributed by atoms with Gasteiger partial charge < -0.3 is 10.3 Å². The summed E-state index contributed by atoms with van der Waals surface area (Å²) >= 11 is 0. The molecule has 3 aromatic rings. The van der Waals surface area contributed by atoms with E-state index in [-0.39, 0.29) is 0 Å². The fraction of sp³-hybridized carbons (Fsp3) is 0.417. The van der Waals surface area contributed by atoms with E-state index in [1.165, 1.54) is 59.8 Å². The third-order valence-corrected chi connectivity index (χ3v) is 6.47. The van der Waals surface area contributed by atoms with E-state index in [0.717, 1.165) is 25.7 Å². The number of benzene rings is 2. The molecule has 140 valence electrons. The molecule has 1 aliphatic heterocycles. The van der Waals surface area contributed by atoms with E-state index in [4.69, 9.17) is 0 Å². The summed E-state index contributed by atoms with van der Waals surface area (Å²) in [5.41, 5.74) is 5.63. The van der Waals surface area contributed by atoms with Crippen LogP contribution in [0.2, 0.25) is 0 Å². The summed E-state index contributed by atoms with van der Waals surface area (Å²) in [6.45, 7) is 3.04. The number of rotatable bonds is 5. The zero-order valence-electron chi connectivity index (χ0n) is 16.0. The molecule has 2 aromatic carbocycles. The fourth-order valence-corrected chi connectivity index (χ4v) is 5.10. The van der Waals surface area contributed by atoms with Crippen LogP contribution in [0, 0.1) is 0 Å². The molecule has 2 aliphatic rings. The molecule has 5 rings (SSSR count). The largest absolute Gasteiger partial charge is 0.357 e. The van der Waals surface area contributed by atoms with E-state index in [2.05, 4.69) is 69.8 Å². The molecule has 2 N–H and O–H groups in total. The average molecular weight is 360 g/mol. The number of hydrogen-bond donors (Lipinski definition) is 2. The van der Waals surface area contributed by atoms with Gasteiger partial charge in [0.1, 0.15) is 0 Å². The molecular formula is C24H29N3. The molecule has 3 heteroatoms. The molecule has 0 radical (unpaired) electrons. The summed E-state index contributed by atoms with van der Waals surface area (Å²) in [6, 6.07) is 20.7. The van der Waals surface area contributed by atoms with Gasteiger partial charge in [-0.15, -0.1) is 0 Å². The average Bonchev–Trinajstić information content (AvgIpc) is 3.26. The SMILES string of the molecule is c1ccc(CNCC2c3[nH]c4ccccc4c3CN2C2CCCCC2)cc1. The Hall–Kier alpha value is -2.10. The van der Waals surface area contributed by atoms with Crippen LogP contribution in [-0.2, 0) is 13.1 Å². The summed E-state index contributed by atoms with van der Waals surface area (Å²) < 4.78 is 0. The Kier molecular flexibility index (Phi) is 4.73. The van der Waals surface area contributed by atoms with Gasteiger partial charge in [0.25, 0.3) is 0 Å². The molecule has 0 bridgehead atoms. The smallest absolute Gasteiger partial charge is 0.0633 e. The van der Waals surface area contributed by atoms with Crippen LogP contribution >= 0.6 is 0 Å². The highest BCUT2D eigenvalue weighted by atomic mass is 15.2. The zero-order chi connectivity index (χ0) is 18.1. The number of hydrogen-bond acceptors (Lipinski definition) is 2. The van der Waals surface area contributed by atoms with Gasteiger partial charge >= 0.3 is 0 Å². The van der Waals surface area contributed by atoms with Gasteiger partial charge in [0, 0.05) is 42.3 Å². The highest BCUT2D eigenvalue weighted by Gasteiger charge is 2.37. The van der Waals surface area contributed by atoms with E-state index in [1.807, 2.05) is 0 Å². The van der Waals surface area contributed by atoms with Gasteiger partial charge in [-0.1, -0.05) is 67.8 Å². The van der Waals surface area contributed by atoms with Crippen molar-refractivity contribution in [3.05, 3.63) is 71.4 Å². The van der Waals surface area contributed by atoms with Crippen molar-refractivity contribution in [3.8, 4) is 0 Å². The first-order valence-corrected chi connectivity index (χ1v) is 10.5. The summed E-state index contributed by atoms with van der Waals surface area (Å²) in [6.07, 6.45) is 6.91. The molecule has 2 heterocycles. The maximum absolute atomic E-state index is 3.76. The Morgan fingerprint density at radius 3 is 2.56 bits per heavy atom.